The third kappa shape index (κ3) is 4.88. The molecule has 0 saturated carbocycles. The molecule has 3 rings (SSSR count). The Kier molecular flexibility index (Phi) is 6.75. The fourth-order valence-corrected chi connectivity index (χ4v) is 3.53. The first-order chi connectivity index (χ1) is 14.0. The van der Waals surface area contributed by atoms with Crippen LogP contribution in [0, 0.1) is 0 Å². The van der Waals surface area contributed by atoms with Crippen LogP contribution >= 0.6 is 0 Å². The van der Waals surface area contributed by atoms with Gasteiger partial charge in [-0.2, -0.15) is 0 Å². The van der Waals surface area contributed by atoms with Crippen LogP contribution in [0.4, 0.5) is 5.69 Å². The quantitative estimate of drug-likeness (QED) is 0.710. The highest BCUT2D eigenvalue weighted by Gasteiger charge is 2.21. The lowest BCUT2D eigenvalue weighted by molar-refractivity contribution is -0.122. The summed E-state index contributed by atoms with van der Waals surface area (Å²) < 4.78 is 16.0. The van der Waals surface area contributed by atoms with Gasteiger partial charge in [-0.1, -0.05) is 13.0 Å². The van der Waals surface area contributed by atoms with Gasteiger partial charge in [-0.25, -0.2) is 4.79 Å². The van der Waals surface area contributed by atoms with Crippen LogP contribution in [0.1, 0.15) is 47.7 Å². The largest absolute Gasteiger partial charge is 0.495 e. The number of hydrogen-bond donors (Lipinski definition) is 1. The molecular formula is C23H27NO5. The molecule has 1 amide bonds. The molecule has 6 nitrogen and oxygen atoms in total. The second-order valence-corrected chi connectivity index (χ2v) is 7.05. The fourth-order valence-electron chi connectivity index (χ4n) is 3.53. The normalized spacial score (nSPS) is 13.8. The molecule has 154 valence electrons. The molecular weight excluding hydrogens is 370 g/mol. The van der Waals surface area contributed by atoms with Crippen molar-refractivity contribution in [3.63, 3.8) is 0 Å². The van der Waals surface area contributed by atoms with Crippen molar-refractivity contribution in [2.75, 3.05) is 19.5 Å². The summed E-state index contributed by atoms with van der Waals surface area (Å²) in [5.41, 5.74) is 3.39. The highest BCUT2D eigenvalue weighted by molar-refractivity contribution is 5.98. The van der Waals surface area contributed by atoms with Gasteiger partial charge in [-0.3, -0.25) is 4.79 Å². The van der Waals surface area contributed by atoms with Crippen molar-refractivity contribution >= 4 is 17.6 Å². The van der Waals surface area contributed by atoms with Gasteiger partial charge >= 0.3 is 5.97 Å². The summed E-state index contributed by atoms with van der Waals surface area (Å²) in [6.45, 7) is 1.89. The van der Waals surface area contributed by atoms with Crippen LogP contribution in [-0.2, 0) is 22.4 Å². The molecule has 0 unspecified atom stereocenters. The van der Waals surface area contributed by atoms with Crippen molar-refractivity contribution in [3.05, 3.63) is 53.1 Å². The average Bonchev–Trinajstić information content (AvgIpc) is 2.76. The molecule has 0 heterocycles. The van der Waals surface area contributed by atoms with Gasteiger partial charge in [0.25, 0.3) is 5.91 Å². The molecule has 2 aromatic carbocycles. The number of benzene rings is 2. The lowest BCUT2D eigenvalue weighted by Gasteiger charge is -2.21. The molecule has 0 aliphatic heterocycles. The number of fused-ring (bicyclic) bond motifs is 1. The number of nitrogens with one attached hydrogen (secondary N) is 1. The predicted octanol–water partition coefficient (Wildman–Crippen LogP) is 4.16. The smallest absolute Gasteiger partial charge is 0.337 e. The van der Waals surface area contributed by atoms with Crippen LogP contribution in [0.5, 0.6) is 11.5 Å². The molecule has 0 aromatic heterocycles. The third-order valence-electron chi connectivity index (χ3n) is 5.14. The summed E-state index contributed by atoms with van der Waals surface area (Å²) in [5, 5.41) is 2.82. The van der Waals surface area contributed by atoms with Gasteiger partial charge < -0.3 is 19.5 Å². The summed E-state index contributed by atoms with van der Waals surface area (Å²) in [7, 11) is 2.81. The summed E-state index contributed by atoms with van der Waals surface area (Å²) in [6, 6.07) is 10.8. The van der Waals surface area contributed by atoms with Crippen molar-refractivity contribution in [3.8, 4) is 11.5 Å². The molecule has 1 aliphatic rings. The average molecular weight is 397 g/mol. The molecule has 1 aliphatic carbocycles. The molecule has 0 bridgehead atoms. The molecule has 0 saturated heterocycles. The number of carbonyl (C=O) groups is 2. The van der Waals surface area contributed by atoms with Crippen LogP contribution in [0.2, 0.25) is 0 Å². The first-order valence-corrected chi connectivity index (χ1v) is 9.91. The van der Waals surface area contributed by atoms with Gasteiger partial charge in [0.15, 0.2) is 6.10 Å². The zero-order valence-corrected chi connectivity index (χ0v) is 17.1. The number of amides is 1. The summed E-state index contributed by atoms with van der Waals surface area (Å²) in [6.07, 6.45) is 4.39. The number of ether oxygens (including phenoxy) is 3. The standard InChI is InChI=1S/C23H27NO5/c1-4-20(29-18-11-9-15-7-5-6-8-16(15)13-18)22(25)24-19-14-17(23(26)28-3)10-12-21(19)27-2/h9-14,20H,4-8H2,1-3H3,(H,24,25)/t20-/m0/s1. The van der Waals surface area contributed by atoms with Gasteiger partial charge in [0.05, 0.1) is 25.5 Å². The Morgan fingerprint density at radius 1 is 1.03 bits per heavy atom. The number of rotatable bonds is 7. The third-order valence-corrected chi connectivity index (χ3v) is 5.14. The first kappa shape index (κ1) is 20.7. The Labute approximate surface area is 171 Å². The van der Waals surface area contributed by atoms with Crippen molar-refractivity contribution in [1.82, 2.24) is 0 Å². The molecule has 0 radical (unpaired) electrons. The van der Waals surface area contributed by atoms with Gasteiger partial charge in [-0.15, -0.1) is 0 Å². The molecule has 2 aromatic rings. The highest BCUT2D eigenvalue weighted by atomic mass is 16.5. The second kappa shape index (κ2) is 9.45. The van der Waals surface area contributed by atoms with E-state index >= 15 is 0 Å². The Bertz CT molecular complexity index is 893. The van der Waals surface area contributed by atoms with E-state index < -0.39 is 12.1 Å². The zero-order chi connectivity index (χ0) is 20.8. The Hall–Kier alpha value is -3.02. The fraction of sp³-hybridized carbons (Fsp3) is 0.391. The van der Waals surface area contributed by atoms with E-state index in [-0.39, 0.29) is 5.91 Å². The summed E-state index contributed by atoms with van der Waals surface area (Å²) in [5.74, 6) is 0.364. The van der Waals surface area contributed by atoms with Crippen molar-refractivity contribution in [2.45, 2.75) is 45.1 Å². The summed E-state index contributed by atoms with van der Waals surface area (Å²) in [4.78, 5) is 24.6. The Balaban J connectivity index is 1.75. The number of anilines is 1. The SMILES string of the molecule is CC[C@H](Oc1ccc2c(c1)CCCC2)C(=O)Nc1cc(C(=O)OC)ccc1OC. The van der Waals surface area contributed by atoms with Crippen molar-refractivity contribution in [1.29, 1.82) is 0 Å². The predicted molar refractivity (Wildman–Crippen MR) is 111 cm³/mol. The molecule has 6 heteroatoms. The molecule has 1 atom stereocenters. The van der Waals surface area contributed by atoms with Crippen LogP contribution in [0.25, 0.3) is 0 Å². The van der Waals surface area contributed by atoms with Gasteiger partial charge in [-0.05, 0) is 73.6 Å². The van der Waals surface area contributed by atoms with E-state index in [1.54, 1.807) is 12.1 Å². The van der Waals surface area contributed by atoms with E-state index in [1.807, 2.05) is 19.1 Å². The van der Waals surface area contributed by atoms with Gasteiger partial charge in [0, 0.05) is 0 Å². The van der Waals surface area contributed by atoms with Crippen molar-refractivity contribution < 1.29 is 23.8 Å². The van der Waals surface area contributed by atoms with E-state index in [9.17, 15) is 9.59 Å². The van der Waals surface area contributed by atoms with Crippen LogP contribution in [0.3, 0.4) is 0 Å². The molecule has 0 spiro atoms. The van der Waals surface area contributed by atoms with Crippen LogP contribution < -0.4 is 14.8 Å². The number of hydrogen-bond acceptors (Lipinski definition) is 5. The number of aryl methyl sites for hydroxylation is 2. The van der Waals surface area contributed by atoms with E-state index in [2.05, 4.69) is 11.4 Å². The lowest BCUT2D eigenvalue weighted by Crippen LogP contribution is -2.32. The maximum absolute atomic E-state index is 12.8. The second-order valence-electron chi connectivity index (χ2n) is 7.05. The van der Waals surface area contributed by atoms with E-state index in [1.165, 1.54) is 44.3 Å². The Morgan fingerprint density at radius 3 is 2.48 bits per heavy atom. The van der Waals surface area contributed by atoms with E-state index in [4.69, 9.17) is 14.2 Å². The minimum absolute atomic E-state index is 0.300. The minimum Gasteiger partial charge on any atom is -0.495 e. The maximum Gasteiger partial charge on any atom is 0.337 e. The number of methoxy groups -OCH3 is 2. The lowest BCUT2D eigenvalue weighted by atomic mass is 9.92. The molecule has 29 heavy (non-hydrogen) atoms. The van der Waals surface area contributed by atoms with E-state index in [0.29, 0.717) is 29.2 Å². The molecule has 0 fully saturated rings. The Morgan fingerprint density at radius 2 is 1.79 bits per heavy atom. The minimum atomic E-state index is -0.664. The zero-order valence-electron chi connectivity index (χ0n) is 17.1. The number of carbonyl (C=O) groups excluding carboxylic acids is 2. The van der Waals surface area contributed by atoms with Crippen LogP contribution in [-0.4, -0.2) is 32.2 Å². The van der Waals surface area contributed by atoms with Crippen LogP contribution in [0.15, 0.2) is 36.4 Å². The van der Waals surface area contributed by atoms with Gasteiger partial charge in [0.1, 0.15) is 11.5 Å². The van der Waals surface area contributed by atoms with Crippen molar-refractivity contribution in [2.24, 2.45) is 0 Å². The first-order valence-electron chi connectivity index (χ1n) is 9.91. The van der Waals surface area contributed by atoms with E-state index in [0.717, 1.165) is 12.8 Å². The molecule has 1 N–H and O–H groups in total. The monoisotopic (exact) mass is 397 g/mol. The topological polar surface area (TPSA) is 73.9 Å². The highest BCUT2D eigenvalue weighted by Crippen LogP contribution is 2.28. The maximum atomic E-state index is 12.8. The van der Waals surface area contributed by atoms with Gasteiger partial charge in [0.2, 0.25) is 0 Å². The number of esters is 1. The summed E-state index contributed by atoms with van der Waals surface area (Å²) >= 11 is 0.